The Morgan fingerprint density at radius 2 is 1.54 bits per heavy atom. The maximum atomic E-state index is 12.7. The Balaban J connectivity index is 1.64. The molecular formula is C21H23NO6. The lowest BCUT2D eigenvalue weighted by Crippen LogP contribution is -2.41. The van der Waals surface area contributed by atoms with Crippen molar-refractivity contribution in [2.45, 2.75) is 18.9 Å². The minimum atomic E-state index is -1.05. The standard InChI is InChI=1S/C21H23NO6/c1-26-17-7-4-8-18(27-2)19(17)28-16-9-11-22(12-10-16)20(23)14-5-3-6-15(13-14)21(24)25/h3-8,13,16H,9-12H2,1-2H3,(H,24,25). The number of likely N-dealkylation sites (tertiary alicyclic amines) is 1. The van der Waals surface area contributed by atoms with Crippen LogP contribution in [0, 0.1) is 0 Å². The third kappa shape index (κ3) is 4.19. The van der Waals surface area contributed by atoms with Crippen LogP contribution in [0.25, 0.3) is 0 Å². The van der Waals surface area contributed by atoms with Gasteiger partial charge in [-0.1, -0.05) is 12.1 Å². The van der Waals surface area contributed by atoms with Crippen molar-refractivity contribution >= 4 is 11.9 Å². The smallest absolute Gasteiger partial charge is 0.335 e. The number of carbonyl (C=O) groups is 2. The van der Waals surface area contributed by atoms with E-state index in [0.717, 1.165) is 0 Å². The zero-order valence-electron chi connectivity index (χ0n) is 15.9. The molecule has 0 atom stereocenters. The van der Waals surface area contributed by atoms with Crippen LogP contribution >= 0.6 is 0 Å². The summed E-state index contributed by atoms with van der Waals surface area (Å²) in [4.78, 5) is 25.5. The van der Waals surface area contributed by atoms with Crippen molar-refractivity contribution in [2.24, 2.45) is 0 Å². The highest BCUT2D eigenvalue weighted by Crippen LogP contribution is 2.38. The molecule has 28 heavy (non-hydrogen) atoms. The molecule has 1 aliphatic heterocycles. The predicted molar refractivity (Wildman–Crippen MR) is 103 cm³/mol. The minimum absolute atomic E-state index is 0.0698. The van der Waals surface area contributed by atoms with E-state index in [2.05, 4.69) is 0 Å². The zero-order valence-corrected chi connectivity index (χ0v) is 15.9. The summed E-state index contributed by atoms with van der Waals surface area (Å²) in [6.45, 7) is 1.05. The Morgan fingerprint density at radius 1 is 0.964 bits per heavy atom. The number of ether oxygens (including phenoxy) is 3. The second-order valence-corrected chi connectivity index (χ2v) is 6.49. The van der Waals surface area contributed by atoms with Gasteiger partial charge in [0, 0.05) is 31.5 Å². The van der Waals surface area contributed by atoms with E-state index < -0.39 is 5.97 Å². The monoisotopic (exact) mass is 385 g/mol. The lowest BCUT2D eigenvalue weighted by molar-refractivity contribution is 0.0585. The molecule has 1 aliphatic rings. The number of hydrogen-bond acceptors (Lipinski definition) is 5. The highest BCUT2D eigenvalue weighted by molar-refractivity contribution is 5.97. The second-order valence-electron chi connectivity index (χ2n) is 6.49. The van der Waals surface area contributed by atoms with Crippen molar-refractivity contribution in [3.05, 3.63) is 53.6 Å². The highest BCUT2D eigenvalue weighted by atomic mass is 16.5. The fraction of sp³-hybridized carbons (Fsp3) is 0.333. The molecule has 1 amide bonds. The second kappa shape index (κ2) is 8.65. The number of carbonyl (C=O) groups excluding carboxylic acids is 1. The van der Waals surface area contributed by atoms with Gasteiger partial charge in [0.15, 0.2) is 11.5 Å². The Kier molecular flexibility index (Phi) is 6.03. The molecular weight excluding hydrogens is 362 g/mol. The van der Waals surface area contributed by atoms with Gasteiger partial charge in [0.25, 0.3) is 5.91 Å². The number of nitrogens with zero attached hydrogens (tertiary/aromatic N) is 1. The van der Waals surface area contributed by atoms with Crippen LogP contribution in [0.2, 0.25) is 0 Å². The van der Waals surface area contributed by atoms with Crippen molar-refractivity contribution in [3.8, 4) is 17.2 Å². The van der Waals surface area contributed by atoms with Gasteiger partial charge in [-0.3, -0.25) is 4.79 Å². The number of aromatic carboxylic acids is 1. The van der Waals surface area contributed by atoms with Gasteiger partial charge in [0.1, 0.15) is 6.10 Å². The summed E-state index contributed by atoms with van der Waals surface area (Å²) >= 11 is 0. The maximum Gasteiger partial charge on any atom is 0.335 e. The maximum absolute atomic E-state index is 12.7. The molecule has 0 spiro atoms. The first-order valence-corrected chi connectivity index (χ1v) is 9.03. The number of methoxy groups -OCH3 is 2. The molecule has 2 aromatic carbocycles. The van der Waals surface area contributed by atoms with E-state index in [9.17, 15) is 9.59 Å². The van der Waals surface area contributed by atoms with Crippen molar-refractivity contribution in [1.82, 2.24) is 4.90 Å². The van der Waals surface area contributed by atoms with Gasteiger partial charge in [0.05, 0.1) is 19.8 Å². The van der Waals surface area contributed by atoms with Crippen molar-refractivity contribution in [1.29, 1.82) is 0 Å². The Labute approximate surface area is 163 Å². The topological polar surface area (TPSA) is 85.3 Å². The molecule has 0 saturated carbocycles. The average Bonchev–Trinajstić information content (AvgIpc) is 2.74. The van der Waals surface area contributed by atoms with Crippen LogP contribution in [0.15, 0.2) is 42.5 Å². The Hall–Kier alpha value is -3.22. The zero-order chi connectivity index (χ0) is 20.1. The molecule has 0 aliphatic carbocycles. The number of hydrogen-bond donors (Lipinski definition) is 1. The minimum Gasteiger partial charge on any atom is -0.493 e. The quantitative estimate of drug-likeness (QED) is 0.823. The normalized spacial score (nSPS) is 14.4. The largest absolute Gasteiger partial charge is 0.493 e. The molecule has 1 N–H and O–H groups in total. The van der Waals surface area contributed by atoms with Gasteiger partial charge < -0.3 is 24.2 Å². The van der Waals surface area contributed by atoms with Gasteiger partial charge in [-0.2, -0.15) is 0 Å². The Morgan fingerprint density at radius 3 is 2.11 bits per heavy atom. The van der Waals surface area contributed by atoms with Crippen molar-refractivity contribution in [2.75, 3.05) is 27.3 Å². The molecule has 0 radical (unpaired) electrons. The van der Waals surface area contributed by atoms with Crippen molar-refractivity contribution < 1.29 is 28.9 Å². The van der Waals surface area contributed by atoms with E-state index in [1.807, 2.05) is 18.2 Å². The summed E-state index contributed by atoms with van der Waals surface area (Å²) in [5.74, 6) is 0.544. The third-order valence-electron chi connectivity index (χ3n) is 4.75. The molecule has 148 valence electrons. The first-order valence-electron chi connectivity index (χ1n) is 9.03. The summed E-state index contributed by atoms with van der Waals surface area (Å²) in [6.07, 6.45) is 1.25. The van der Waals surface area contributed by atoms with Crippen LogP contribution in [-0.2, 0) is 0 Å². The first-order chi connectivity index (χ1) is 13.5. The summed E-state index contributed by atoms with van der Waals surface area (Å²) in [5, 5.41) is 9.10. The summed E-state index contributed by atoms with van der Waals surface area (Å²) in [5.41, 5.74) is 0.484. The van der Waals surface area contributed by atoms with Gasteiger partial charge >= 0.3 is 5.97 Å². The fourth-order valence-corrected chi connectivity index (χ4v) is 3.24. The number of para-hydroxylation sites is 1. The van der Waals surface area contributed by atoms with Crippen LogP contribution in [0.1, 0.15) is 33.6 Å². The molecule has 1 heterocycles. The van der Waals surface area contributed by atoms with E-state index >= 15 is 0 Å². The van der Waals surface area contributed by atoms with Crippen LogP contribution < -0.4 is 14.2 Å². The van der Waals surface area contributed by atoms with E-state index in [-0.39, 0.29) is 17.6 Å². The van der Waals surface area contributed by atoms with Gasteiger partial charge in [-0.05, 0) is 30.3 Å². The summed E-state index contributed by atoms with van der Waals surface area (Å²) in [7, 11) is 3.16. The molecule has 1 saturated heterocycles. The number of piperidine rings is 1. The molecule has 3 rings (SSSR count). The average molecular weight is 385 g/mol. The van der Waals surface area contributed by atoms with E-state index in [0.29, 0.717) is 48.7 Å². The highest BCUT2D eigenvalue weighted by Gasteiger charge is 2.26. The van der Waals surface area contributed by atoms with Crippen molar-refractivity contribution in [3.63, 3.8) is 0 Å². The van der Waals surface area contributed by atoms with Crippen LogP contribution in [-0.4, -0.2) is 55.3 Å². The molecule has 1 fully saturated rings. The molecule has 7 nitrogen and oxygen atoms in total. The van der Waals surface area contributed by atoms with Gasteiger partial charge in [0.2, 0.25) is 5.75 Å². The van der Waals surface area contributed by atoms with Crippen LogP contribution in [0.4, 0.5) is 0 Å². The van der Waals surface area contributed by atoms with E-state index in [4.69, 9.17) is 19.3 Å². The first kappa shape index (κ1) is 19.5. The number of rotatable bonds is 6. The molecule has 0 unspecified atom stereocenters. The lowest BCUT2D eigenvalue weighted by atomic mass is 10.0. The number of benzene rings is 2. The molecule has 0 aromatic heterocycles. The number of carboxylic acids is 1. The Bertz CT molecular complexity index is 835. The third-order valence-corrected chi connectivity index (χ3v) is 4.75. The van der Waals surface area contributed by atoms with Crippen LogP contribution in [0.5, 0.6) is 17.2 Å². The van der Waals surface area contributed by atoms with Gasteiger partial charge in [-0.25, -0.2) is 4.79 Å². The summed E-state index contributed by atoms with van der Waals surface area (Å²) < 4.78 is 16.8. The fourth-order valence-electron chi connectivity index (χ4n) is 3.24. The predicted octanol–water partition coefficient (Wildman–Crippen LogP) is 3.09. The summed E-state index contributed by atoms with van der Waals surface area (Å²) in [6, 6.07) is 11.6. The van der Waals surface area contributed by atoms with E-state index in [1.165, 1.54) is 12.1 Å². The van der Waals surface area contributed by atoms with Gasteiger partial charge in [-0.15, -0.1) is 0 Å². The molecule has 2 aromatic rings. The SMILES string of the molecule is COc1cccc(OC)c1OC1CCN(C(=O)c2cccc(C(=O)O)c2)CC1. The number of amides is 1. The van der Waals surface area contributed by atoms with E-state index in [1.54, 1.807) is 31.3 Å². The molecule has 7 heteroatoms. The van der Waals surface area contributed by atoms with Crippen LogP contribution in [0.3, 0.4) is 0 Å². The number of carboxylic acid groups (broad SMARTS) is 1. The molecule has 0 bridgehead atoms. The lowest BCUT2D eigenvalue weighted by Gasteiger charge is -2.32.